The van der Waals surface area contributed by atoms with Crippen LogP contribution in [0, 0.1) is 6.92 Å². The molecule has 1 N–H and O–H groups in total. The molecule has 6 unspecified atom stereocenters. The highest BCUT2D eigenvalue weighted by Gasteiger charge is 2.37. The van der Waals surface area contributed by atoms with Gasteiger partial charge in [0.25, 0.3) is 0 Å². The predicted molar refractivity (Wildman–Crippen MR) is 170 cm³/mol. The Bertz CT molecular complexity index is 894. The number of rotatable bonds is 24. The molecule has 0 aromatic heterocycles. The van der Waals surface area contributed by atoms with Crippen molar-refractivity contribution >= 4 is 19.8 Å². The first-order chi connectivity index (χ1) is 21.0. The number of carbonyl (C=O) groups excluding carboxylic acids is 2. The van der Waals surface area contributed by atoms with Gasteiger partial charge in [0, 0.05) is 0 Å². The first-order valence-corrected chi connectivity index (χ1v) is 17.5. The van der Waals surface area contributed by atoms with Gasteiger partial charge in [-0.15, -0.1) is 0 Å². The van der Waals surface area contributed by atoms with Crippen LogP contribution in [0.5, 0.6) is 0 Å². The van der Waals surface area contributed by atoms with E-state index >= 15 is 0 Å². The van der Waals surface area contributed by atoms with Gasteiger partial charge in [0.1, 0.15) is 6.61 Å². The zero-order valence-corrected chi connectivity index (χ0v) is 28.4. The number of ether oxygens (including phenoxy) is 4. The summed E-state index contributed by atoms with van der Waals surface area (Å²) >= 11 is 0. The lowest BCUT2D eigenvalue weighted by atomic mass is 10.1. The third-order valence-electron chi connectivity index (χ3n) is 6.61. The number of carbonyl (C=O) groups is 2. The molecule has 2 aliphatic heterocycles. The Hall–Kier alpha value is -1.72. The lowest BCUT2D eigenvalue weighted by Crippen LogP contribution is -2.29. The second-order valence-corrected chi connectivity index (χ2v) is 12.9. The van der Waals surface area contributed by atoms with Crippen molar-refractivity contribution in [1.29, 1.82) is 0 Å². The number of unbranched alkanes of at least 4 members (excludes halogenated alkanes) is 4. The van der Waals surface area contributed by atoms with Crippen LogP contribution < -0.4 is 0 Å². The van der Waals surface area contributed by atoms with Crippen molar-refractivity contribution in [1.82, 2.24) is 4.90 Å². The number of hydrogen-bond acceptors (Lipinski definition) is 10. The van der Waals surface area contributed by atoms with Crippen LogP contribution in [0.1, 0.15) is 90.9 Å². The second-order valence-electron chi connectivity index (χ2n) is 11.5. The molecule has 0 radical (unpaired) electrons. The minimum atomic E-state index is -4.37. The van der Waals surface area contributed by atoms with Crippen LogP contribution in [0.4, 0.5) is 0 Å². The molecule has 0 spiro atoms. The molecule has 6 atom stereocenters. The van der Waals surface area contributed by atoms with Crippen LogP contribution in [0.15, 0.2) is 24.3 Å². The van der Waals surface area contributed by atoms with Crippen LogP contribution in [-0.2, 0) is 42.1 Å². The average Bonchev–Trinajstić information content (AvgIpc) is 3.88. The number of esters is 2. The van der Waals surface area contributed by atoms with Crippen molar-refractivity contribution < 1.29 is 47.0 Å². The lowest BCUT2D eigenvalue weighted by molar-refractivity contribution is -0.160. The monoisotopic (exact) mass is 646 g/mol. The van der Waals surface area contributed by atoms with E-state index in [0.717, 1.165) is 32.1 Å². The van der Waals surface area contributed by atoms with E-state index in [9.17, 15) is 19.0 Å². The molecular weight excluding hydrogens is 589 g/mol. The van der Waals surface area contributed by atoms with E-state index < -0.39 is 32.5 Å². The second kappa shape index (κ2) is 23.6. The van der Waals surface area contributed by atoms with Gasteiger partial charge in [-0.2, -0.15) is 0 Å². The Morgan fingerprint density at radius 2 is 1.32 bits per heavy atom. The van der Waals surface area contributed by atoms with Crippen molar-refractivity contribution in [3.63, 3.8) is 0 Å². The third-order valence-corrected chi connectivity index (χ3v) is 7.59. The smallest absolute Gasteiger partial charge is 0.461 e. The molecule has 0 saturated carbocycles. The van der Waals surface area contributed by atoms with E-state index in [0.29, 0.717) is 12.2 Å². The third kappa shape index (κ3) is 21.9. The van der Waals surface area contributed by atoms with E-state index in [1.165, 1.54) is 32.1 Å². The molecule has 0 amide bonds. The molecule has 44 heavy (non-hydrogen) atoms. The molecule has 254 valence electrons. The van der Waals surface area contributed by atoms with Gasteiger partial charge in [0.2, 0.25) is 0 Å². The number of epoxide rings is 2. The SMILES string of the molecule is CN(C)C.[CH2+]COP(=O)(O)OCC(COC(=O)C/C=C/CC1OC1CCCCC)OC(=O)C/C=C/CC1OC1CCCCC. The zero-order chi connectivity index (χ0) is 32.8. The topological polar surface area (TPSA) is 137 Å². The summed E-state index contributed by atoms with van der Waals surface area (Å²) in [4.78, 5) is 36.2. The van der Waals surface area contributed by atoms with Gasteiger partial charge in [-0.1, -0.05) is 76.7 Å². The fourth-order valence-corrected chi connectivity index (χ4v) is 4.88. The molecule has 2 heterocycles. The Kier molecular flexibility index (Phi) is 21.6. The minimum Gasteiger partial charge on any atom is -0.461 e. The van der Waals surface area contributed by atoms with Crippen molar-refractivity contribution in [2.45, 2.75) is 121 Å². The van der Waals surface area contributed by atoms with Gasteiger partial charge in [-0.25, -0.2) is 9.09 Å². The first-order valence-electron chi connectivity index (χ1n) is 16.0. The normalized spacial score (nSPS) is 22.8. The number of phosphoric ester groups is 1. The number of hydrogen-bond donors (Lipinski definition) is 1. The van der Waals surface area contributed by atoms with E-state index in [1.54, 1.807) is 12.2 Å². The van der Waals surface area contributed by atoms with Gasteiger partial charge in [-0.05, 0) is 46.8 Å². The summed E-state index contributed by atoms with van der Waals surface area (Å²) in [6, 6.07) is 0. The lowest BCUT2D eigenvalue weighted by Gasteiger charge is -2.18. The maximum Gasteiger partial charge on any atom is 0.475 e. The summed E-state index contributed by atoms with van der Waals surface area (Å²) in [5.41, 5.74) is 0. The molecule has 2 fully saturated rings. The van der Waals surface area contributed by atoms with Crippen molar-refractivity contribution in [3.8, 4) is 0 Å². The molecule has 11 nitrogen and oxygen atoms in total. The summed E-state index contributed by atoms with van der Waals surface area (Å²) in [5, 5.41) is 0. The summed E-state index contributed by atoms with van der Waals surface area (Å²) in [6.07, 6.45) is 17.9. The van der Waals surface area contributed by atoms with Gasteiger partial charge >= 0.3 is 19.8 Å². The Balaban J connectivity index is 0.00000227. The Morgan fingerprint density at radius 1 is 0.818 bits per heavy atom. The minimum absolute atomic E-state index is 0.00471. The number of nitrogens with zero attached hydrogens (tertiary/aromatic N) is 1. The average molecular weight is 647 g/mol. The van der Waals surface area contributed by atoms with Crippen LogP contribution in [-0.4, -0.2) is 93.2 Å². The van der Waals surface area contributed by atoms with E-state index in [-0.39, 0.29) is 38.3 Å². The highest BCUT2D eigenvalue weighted by atomic mass is 31.2. The van der Waals surface area contributed by atoms with Crippen LogP contribution in [0.25, 0.3) is 0 Å². The van der Waals surface area contributed by atoms with Gasteiger partial charge in [0.15, 0.2) is 12.7 Å². The molecule has 0 aromatic rings. The highest BCUT2D eigenvalue weighted by molar-refractivity contribution is 7.47. The largest absolute Gasteiger partial charge is 0.475 e. The molecule has 2 rings (SSSR count). The summed E-state index contributed by atoms with van der Waals surface area (Å²) in [7, 11) is 1.63. The molecule has 0 aliphatic carbocycles. The summed E-state index contributed by atoms with van der Waals surface area (Å²) < 4.78 is 43.1. The van der Waals surface area contributed by atoms with Crippen LogP contribution in [0.2, 0.25) is 0 Å². The predicted octanol–water partition coefficient (Wildman–Crippen LogP) is 5.96. The maximum absolute atomic E-state index is 12.3. The van der Waals surface area contributed by atoms with Gasteiger partial charge in [-0.3, -0.25) is 14.1 Å². The van der Waals surface area contributed by atoms with Gasteiger partial charge in [0.05, 0.1) is 50.8 Å². The van der Waals surface area contributed by atoms with Crippen molar-refractivity contribution in [2.24, 2.45) is 0 Å². The summed E-state index contributed by atoms with van der Waals surface area (Å²) in [6.45, 7) is 6.59. The molecular formula is C32H57NO10P+. The van der Waals surface area contributed by atoms with Crippen LogP contribution in [0.3, 0.4) is 0 Å². The summed E-state index contributed by atoms with van der Waals surface area (Å²) in [5.74, 6) is -1.10. The van der Waals surface area contributed by atoms with Crippen LogP contribution >= 0.6 is 7.82 Å². The van der Waals surface area contributed by atoms with E-state index in [4.69, 9.17) is 23.5 Å². The fourth-order valence-electron chi connectivity index (χ4n) is 4.22. The molecule has 2 aliphatic rings. The standard InChI is InChI=1S/C29H47O10P.C3H9N/c1-4-7-9-15-24-26(38-24)17-11-13-19-28(30)34-21-23(22-36-40(32,33)35-6-3)37-29(31)20-14-12-18-27-25(39-27)16-10-8-5-2;1-4(2)3/h11-14,23-27H,3-10,15-22H2,1-2H3;1-3H3/p+1/b13-11+,14-12+;. The zero-order valence-electron chi connectivity index (χ0n) is 27.5. The quantitative estimate of drug-likeness (QED) is 0.0332. The van der Waals surface area contributed by atoms with Gasteiger partial charge < -0.3 is 28.7 Å². The Morgan fingerprint density at radius 3 is 1.80 bits per heavy atom. The first kappa shape index (κ1) is 40.3. The molecule has 2 saturated heterocycles. The maximum atomic E-state index is 12.3. The van der Waals surface area contributed by atoms with E-state index in [2.05, 4.69) is 25.3 Å². The molecule has 0 aromatic carbocycles. The van der Waals surface area contributed by atoms with Crippen molar-refractivity contribution in [3.05, 3.63) is 31.2 Å². The highest BCUT2D eigenvalue weighted by Crippen LogP contribution is 2.43. The van der Waals surface area contributed by atoms with E-state index in [1.807, 2.05) is 38.2 Å². The Labute approximate surface area is 265 Å². The number of phosphoric acid groups is 1. The van der Waals surface area contributed by atoms with Crippen molar-refractivity contribution in [2.75, 3.05) is 41.0 Å². The fraction of sp³-hybridized carbons (Fsp3) is 0.781. The molecule has 0 bridgehead atoms. The molecule has 12 heteroatoms.